The standard InChI is InChI=1S/C30H23N3O2/c1-17-13-18(2)28(19(3)14-17)33-29(34)23-8-6-10-25(27(23)30(33)35)32-24-9-5-4-7-21(24)22-12-11-20(16-31)15-26(22)32/h4-15,30,35H,1-3H3. The molecule has 1 aliphatic rings. The molecule has 4 aromatic carbocycles. The minimum absolute atomic E-state index is 0.220. The summed E-state index contributed by atoms with van der Waals surface area (Å²) in [6.45, 7) is 5.96. The van der Waals surface area contributed by atoms with Crippen molar-refractivity contribution in [2.45, 2.75) is 27.0 Å². The van der Waals surface area contributed by atoms with Crippen LogP contribution in [0.4, 0.5) is 5.69 Å². The molecule has 2 heterocycles. The van der Waals surface area contributed by atoms with Crippen molar-refractivity contribution in [3.63, 3.8) is 0 Å². The molecule has 1 N–H and O–H groups in total. The Kier molecular flexibility index (Phi) is 4.57. The maximum atomic E-state index is 13.7. The van der Waals surface area contributed by atoms with Crippen molar-refractivity contribution in [1.82, 2.24) is 4.57 Å². The third-order valence-corrected chi connectivity index (χ3v) is 6.96. The number of aromatic nitrogens is 1. The molecule has 0 radical (unpaired) electrons. The zero-order chi connectivity index (χ0) is 24.4. The molecule has 0 saturated heterocycles. The number of aliphatic hydroxyl groups is 1. The fraction of sp³-hybridized carbons (Fsp3) is 0.133. The van der Waals surface area contributed by atoms with E-state index < -0.39 is 6.23 Å². The van der Waals surface area contributed by atoms with Crippen LogP contribution in [0.25, 0.3) is 27.5 Å². The van der Waals surface area contributed by atoms with Gasteiger partial charge in [-0.2, -0.15) is 5.26 Å². The number of fused-ring (bicyclic) bond motifs is 4. The summed E-state index contributed by atoms with van der Waals surface area (Å²) in [6, 6.07) is 25.5. The van der Waals surface area contributed by atoms with E-state index in [9.17, 15) is 15.2 Å². The summed E-state index contributed by atoms with van der Waals surface area (Å²) < 4.78 is 2.05. The quantitative estimate of drug-likeness (QED) is 0.342. The molecule has 0 spiro atoms. The number of anilines is 1. The molecule has 5 nitrogen and oxygen atoms in total. The second-order valence-electron chi connectivity index (χ2n) is 9.23. The summed E-state index contributed by atoms with van der Waals surface area (Å²) in [6.07, 6.45) is -1.14. The van der Waals surface area contributed by atoms with Crippen molar-refractivity contribution in [2.24, 2.45) is 0 Å². The van der Waals surface area contributed by atoms with Crippen LogP contribution in [0.15, 0.2) is 72.8 Å². The van der Waals surface area contributed by atoms with Gasteiger partial charge in [0.05, 0.1) is 34.0 Å². The van der Waals surface area contributed by atoms with E-state index in [2.05, 4.69) is 16.7 Å². The molecular formula is C30H23N3O2. The third-order valence-electron chi connectivity index (χ3n) is 6.96. The first kappa shape index (κ1) is 21.2. The van der Waals surface area contributed by atoms with Crippen molar-refractivity contribution in [2.75, 3.05) is 4.90 Å². The number of benzene rings is 4. The molecule has 1 aliphatic heterocycles. The molecule has 1 amide bonds. The molecule has 5 aromatic rings. The molecule has 6 rings (SSSR count). The van der Waals surface area contributed by atoms with Crippen LogP contribution < -0.4 is 4.90 Å². The lowest BCUT2D eigenvalue weighted by molar-refractivity contribution is 0.0934. The van der Waals surface area contributed by atoms with Crippen LogP contribution in [-0.4, -0.2) is 15.6 Å². The maximum Gasteiger partial charge on any atom is 0.261 e. The molecule has 0 saturated carbocycles. The molecule has 35 heavy (non-hydrogen) atoms. The molecule has 1 atom stereocenters. The molecule has 1 aromatic heterocycles. The van der Waals surface area contributed by atoms with Crippen molar-refractivity contribution in [3.8, 4) is 11.8 Å². The summed E-state index contributed by atoms with van der Waals surface area (Å²) in [5.74, 6) is -0.220. The second-order valence-corrected chi connectivity index (χ2v) is 9.23. The Bertz CT molecular complexity index is 1720. The zero-order valence-electron chi connectivity index (χ0n) is 19.7. The van der Waals surface area contributed by atoms with E-state index in [1.165, 1.54) is 4.90 Å². The minimum Gasteiger partial charge on any atom is -0.369 e. The summed E-state index contributed by atoms with van der Waals surface area (Å²) in [5.41, 5.74) is 7.89. The van der Waals surface area contributed by atoms with Gasteiger partial charge in [-0.25, -0.2) is 0 Å². The van der Waals surface area contributed by atoms with Crippen LogP contribution in [-0.2, 0) is 0 Å². The van der Waals surface area contributed by atoms with E-state index in [1.54, 1.807) is 6.07 Å². The average Bonchev–Trinajstić information content (AvgIpc) is 3.30. The first-order valence-corrected chi connectivity index (χ1v) is 11.6. The highest BCUT2D eigenvalue weighted by Gasteiger charge is 2.40. The minimum atomic E-state index is -1.14. The van der Waals surface area contributed by atoms with Gasteiger partial charge in [-0.05, 0) is 62.2 Å². The summed E-state index contributed by atoms with van der Waals surface area (Å²) in [5, 5.41) is 23.3. The topological polar surface area (TPSA) is 69.3 Å². The summed E-state index contributed by atoms with van der Waals surface area (Å²) >= 11 is 0. The van der Waals surface area contributed by atoms with Gasteiger partial charge in [-0.15, -0.1) is 0 Å². The van der Waals surface area contributed by atoms with Crippen molar-refractivity contribution < 1.29 is 9.90 Å². The number of nitrogens with zero attached hydrogens (tertiary/aromatic N) is 3. The Morgan fingerprint density at radius 1 is 0.857 bits per heavy atom. The maximum absolute atomic E-state index is 13.7. The van der Waals surface area contributed by atoms with Crippen LogP contribution in [0.1, 0.15) is 44.4 Å². The number of aliphatic hydroxyl groups excluding tert-OH is 1. The second kappa shape index (κ2) is 7.56. The number of carbonyl (C=O) groups excluding carboxylic acids is 1. The van der Waals surface area contributed by atoms with Crippen LogP contribution in [0.3, 0.4) is 0 Å². The number of amides is 1. The van der Waals surface area contributed by atoms with Crippen molar-refractivity contribution in [1.29, 1.82) is 5.26 Å². The van der Waals surface area contributed by atoms with Gasteiger partial charge in [0.25, 0.3) is 5.91 Å². The lowest BCUT2D eigenvalue weighted by atomic mass is 10.0. The highest BCUT2D eigenvalue weighted by atomic mass is 16.3. The van der Waals surface area contributed by atoms with Gasteiger partial charge in [-0.1, -0.05) is 48.0 Å². The Morgan fingerprint density at radius 2 is 1.57 bits per heavy atom. The largest absolute Gasteiger partial charge is 0.369 e. The van der Waals surface area contributed by atoms with Gasteiger partial charge in [0, 0.05) is 21.9 Å². The van der Waals surface area contributed by atoms with E-state index in [4.69, 9.17) is 0 Å². The van der Waals surface area contributed by atoms with E-state index in [0.29, 0.717) is 16.7 Å². The van der Waals surface area contributed by atoms with Gasteiger partial charge in [0.1, 0.15) is 0 Å². The van der Waals surface area contributed by atoms with Crippen LogP contribution in [0.5, 0.6) is 0 Å². The Balaban J connectivity index is 1.64. The summed E-state index contributed by atoms with van der Waals surface area (Å²) in [4.78, 5) is 15.2. The predicted octanol–water partition coefficient (Wildman–Crippen LogP) is 6.23. The number of hydrogen-bond donors (Lipinski definition) is 1. The molecule has 170 valence electrons. The first-order chi connectivity index (χ1) is 16.9. The molecule has 1 unspecified atom stereocenters. The lowest BCUT2D eigenvalue weighted by Gasteiger charge is -2.26. The molecular weight excluding hydrogens is 434 g/mol. The number of nitriles is 1. The van der Waals surface area contributed by atoms with Crippen molar-refractivity contribution in [3.05, 3.63) is 106 Å². The molecule has 5 heteroatoms. The van der Waals surface area contributed by atoms with E-state index >= 15 is 0 Å². The lowest BCUT2D eigenvalue weighted by Crippen LogP contribution is -2.29. The number of rotatable bonds is 2. The molecule has 0 fully saturated rings. The SMILES string of the molecule is Cc1cc(C)c(N2C(=O)c3cccc(-n4c5ccccc5c5ccc(C#N)cc54)c3C2O)c(C)c1. The van der Waals surface area contributed by atoms with Gasteiger partial charge < -0.3 is 9.67 Å². The highest BCUT2D eigenvalue weighted by Crippen LogP contribution is 2.43. The molecule has 0 bridgehead atoms. The number of hydrogen-bond acceptors (Lipinski definition) is 3. The van der Waals surface area contributed by atoms with Gasteiger partial charge in [0.2, 0.25) is 0 Å². The van der Waals surface area contributed by atoms with Crippen LogP contribution >= 0.6 is 0 Å². The van der Waals surface area contributed by atoms with Gasteiger partial charge in [-0.3, -0.25) is 9.69 Å². The highest BCUT2D eigenvalue weighted by molar-refractivity contribution is 6.13. The third kappa shape index (κ3) is 2.94. The molecule has 0 aliphatic carbocycles. The first-order valence-electron chi connectivity index (χ1n) is 11.6. The van der Waals surface area contributed by atoms with Crippen molar-refractivity contribution >= 4 is 33.4 Å². The predicted molar refractivity (Wildman–Crippen MR) is 138 cm³/mol. The zero-order valence-corrected chi connectivity index (χ0v) is 19.7. The van der Waals surface area contributed by atoms with Crippen LogP contribution in [0.2, 0.25) is 0 Å². The number of carbonyl (C=O) groups is 1. The van der Waals surface area contributed by atoms with Crippen LogP contribution in [0, 0.1) is 32.1 Å². The smallest absolute Gasteiger partial charge is 0.261 e. The average molecular weight is 458 g/mol. The van der Waals surface area contributed by atoms with Gasteiger partial charge >= 0.3 is 0 Å². The Labute approximate surface area is 203 Å². The van der Waals surface area contributed by atoms with E-state index in [-0.39, 0.29) is 5.91 Å². The monoisotopic (exact) mass is 457 g/mol. The van der Waals surface area contributed by atoms with Gasteiger partial charge in [0.15, 0.2) is 6.23 Å². The van der Waals surface area contributed by atoms with E-state index in [0.717, 1.165) is 49.9 Å². The Morgan fingerprint density at radius 3 is 2.31 bits per heavy atom. The Hall–Kier alpha value is -4.40. The fourth-order valence-electron chi connectivity index (χ4n) is 5.65. The van der Waals surface area contributed by atoms with E-state index in [1.807, 2.05) is 81.4 Å². The fourth-order valence-corrected chi connectivity index (χ4v) is 5.65. The normalized spacial score (nSPS) is 15.1. The number of aryl methyl sites for hydroxylation is 3. The summed E-state index contributed by atoms with van der Waals surface area (Å²) in [7, 11) is 0. The number of para-hydroxylation sites is 1.